The number of hydrogen-bond donors (Lipinski definition) is 0. The van der Waals surface area contributed by atoms with Crippen LogP contribution < -0.4 is 0 Å². The molecule has 17 heavy (non-hydrogen) atoms. The van der Waals surface area contributed by atoms with E-state index in [1.165, 1.54) is 17.5 Å². The van der Waals surface area contributed by atoms with Crippen LogP contribution in [0.3, 0.4) is 0 Å². The van der Waals surface area contributed by atoms with Gasteiger partial charge >= 0.3 is 0 Å². The van der Waals surface area contributed by atoms with Crippen molar-refractivity contribution >= 4 is 5.91 Å². The monoisotopic (exact) mass is 229 g/mol. The molecule has 0 aromatic heterocycles. The standard InChI is InChI=1S/C15H19NO/c1-11-9-13-6-4-8-15(17)16(13)10-12-5-2-3-7-14(11)12/h2-3,5,7,11,13H,4,6,8-10H2,1H3/t11-,13+/m0/s1. The fraction of sp³-hybridized carbons (Fsp3) is 0.533. The van der Waals surface area contributed by atoms with Gasteiger partial charge in [0.15, 0.2) is 0 Å². The molecule has 2 nitrogen and oxygen atoms in total. The number of nitrogens with zero attached hydrogens (tertiary/aromatic N) is 1. The van der Waals surface area contributed by atoms with E-state index in [0.717, 1.165) is 25.8 Å². The Labute approximate surface area is 103 Å². The lowest BCUT2D eigenvalue weighted by atomic mass is 9.90. The maximum atomic E-state index is 12.0. The molecule has 0 radical (unpaired) electrons. The summed E-state index contributed by atoms with van der Waals surface area (Å²) in [6, 6.07) is 9.07. The zero-order valence-corrected chi connectivity index (χ0v) is 10.4. The summed E-state index contributed by atoms with van der Waals surface area (Å²) in [6.07, 6.45) is 4.13. The van der Waals surface area contributed by atoms with Gasteiger partial charge in [-0.1, -0.05) is 31.2 Å². The van der Waals surface area contributed by atoms with E-state index in [2.05, 4.69) is 36.1 Å². The maximum Gasteiger partial charge on any atom is 0.223 e. The summed E-state index contributed by atoms with van der Waals surface area (Å²) in [6.45, 7) is 3.12. The molecule has 1 aromatic rings. The highest BCUT2D eigenvalue weighted by Gasteiger charge is 2.32. The van der Waals surface area contributed by atoms with E-state index in [-0.39, 0.29) is 0 Å². The maximum absolute atomic E-state index is 12.0. The summed E-state index contributed by atoms with van der Waals surface area (Å²) < 4.78 is 0. The molecule has 3 rings (SSSR count). The highest BCUT2D eigenvalue weighted by Crippen LogP contribution is 2.35. The molecule has 1 aromatic carbocycles. The fourth-order valence-corrected chi connectivity index (χ4v) is 3.33. The summed E-state index contributed by atoms with van der Waals surface area (Å²) in [4.78, 5) is 14.1. The van der Waals surface area contributed by atoms with Crippen molar-refractivity contribution in [3.63, 3.8) is 0 Å². The molecule has 0 saturated carbocycles. The number of amides is 1. The van der Waals surface area contributed by atoms with Gasteiger partial charge in [-0.25, -0.2) is 0 Å². The Hall–Kier alpha value is -1.31. The Balaban J connectivity index is 1.98. The van der Waals surface area contributed by atoms with E-state index in [1.807, 2.05) is 0 Å². The van der Waals surface area contributed by atoms with E-state index < -0.39 is 0 Å². The third-order valence-corrected chi connectivity index (χ3v) is 4.24. The fourth-order valence-electron chi connectivity index (χ4n) is 3.33. The molecule has 0 spiro atoms. The minimum Gasteiger partial charge on any atom is -0.335 e. The van der Waals surface area contributed by atoms with E-state index in [4.69, 9.17) is 0 Å². The molecule has 2 heterocycles. The van der Waals surface area contributed by atoms with Gasteiger partial charge in [0.05, 0.1) is 0 Å². The molecule has 2 heteroatoms. The van der Waals surface area contributed by atoms with Crippen LogP contribution >= 0.6 is 0 Å². The van der Waals surface area contributed by atoms with Crippen molar-refractivity contribution in [2.24, 2.45) is 0 Å². The van der Waals surface area contributed by atoms with Gasteiger partial charge in [-0.15, -0.1) is 0 Å². The first-order valence-corrected chi connectivity index (χ1v) is 6.63. The highest BCUT2D eigenvalue weighted by atomic mass is 16.2. The van der Waals surface area contributed by atoms with Crippen LogP contribution in [0.25, 0.3) is 0 Å². The topological polar surface area (TPSA) is 20.3 Å². The zero-order chi connectivity index (χ0) is 11.8. The van der Waals surface area contributed by atoms with Gasteiger partial charge in [-0.2, -0.15) is 0 Å². The number of carbonyl (C=O) groups excluding carboxylic acids is 1. The van der Waals surface area contributed by atoms with Crippen LogP contribution in [-0.2, 0) is 11.3 Å². The molecule has 2 aliphatic heterocycles. The lowest BCUT2D eigenvalue weighted by molar-refractivity contribution is -0.137. The summed E-state index contributed by atoms with van der Waals surface area (Å²) in [5.41, 5.74) is 2.78. The highest BCUT2D eigenvalue weighted by molar-refractivity contribution is 5.77. The zero-order valence-electron chi connectivity index (χ0n) is 10.4. The third kappa shape index (κ3) is 1.86. The van der Waals surface area contributed by atoms with Crippen LogP contribution in [0.4, 0.5) is 0 Å². The average molecular weight is 229 g/mol. The number of hydrogen-bond acceptors (Lipinski definition) is 1. The summed E-state index contributed by atoms with van der Waals surface area (Å²) in [5, 5.41) is 0. The molecule has 1 fully saturated rings. The quantitative estimate of drug-likeness (QED) is 0.669. The van der Waals surface area contributed by atoms with Crippen LogP contribution in [0.5, 0.6) is 0 Å². The lowest BCUT2D eigenvalue weighted by Gasteiger charge is -2.34. The Morgan fingerprint density at radius 1 is 1.29 bits per heavy atom. The predicted octanol–water partition coefficient (Wildman–Crippen LogP) is 3.07. The number of rotatable bonds is 0. The average Bonchev–Trinajstić information content (AvgIpc) is 2.47. The predicted molar refractivity (Wildman–Crippen MR) is 67.7 cm³/mol. The second-order valence-electron chi connectivity index (χ2n) is 5.40. The van der Waals surface area contributed by atoms with Gasteiger partial charge in [0.2, 0.25) is 5.91 Å². The molecule has 90 valence electrons. The summed E-state index contributed by atoms with van der Waals surface area (Å²) in [7, 11) is 0. The molecule has 0 bridgehead atoms. The van der Waals surface area contributed by atoms with Gasteiger partial charge in [0.1, 0.15) is 0 Å². The van der Waals surface area contributed by atoms with Crippen molar-refractivity contribution in [3.8, 4) is 0 Å². The van der Waals surface area contributed by atoms with E-state index >= 15 is 0 Å². The molecule has 2 aliphatic rings. The molecule has 0 aliphatic carbocycles. The van der Waals surface area contributed by atoms with Crippen molar-refractivity contribution in [2.75, 3.05) is 0 Å². The van der Waals surface area contributed by atoms with Gasteiger partial charge in [0, 0.05) is 19.0 Å². The van der Waals surface area contributed by atoms with Gasteiger partial charge in [0.25, 0.3) is 0 Å². The molecule has 1 saturated heterocycles. The van der Waals surface area contributed by atoms with Crippen LogP contribution in [0, 0.1) is 0 Å². The van der Waals surface area contributed by atoms with E-state index in [1.54, 1.807) is 0 Å². The van der Waals surface area contributed by atoms with Crippen molar-refractivity contribution in [2.45, 2.75) is 51.1 Å². The minimum atomic E-state index is 0.352. The second kappa shape index (κ2) is 4.17. The number of fused-ring (bicyclic) bond motifs is 2. The van der Waals surface area contributed by atoms with E-state index in [0.29, 0.717) is 17.9 Å². The molecular formula is C15H19NO. The molecule has 0 unspecified atom stereocenters. The minimum absolute atomic E-state index is 0.352. The van der Waals surface area contributed by atoms with Crippen molar-refractivity contribution < 1.29 is 4.79 Å². The van der Waals surface area contributed by atoms with Crippen LogP contribution in [0.1, 0.15) is 49.7 Å². The van der Waals surface area contributed by atoms with E-state index in [9.17, 15) is 4.79 Å². The van der Waals surface area contributed by atoms with Gasteiger partial charge in [-0.05, 0) is 36.3 Å². The van der Waals surface area contributed by atoms with Crippen LogP contribution in [0.15, 0.2) is 24.3 Å². The Morgan fingerprint density at radius 3 is 3.00 bits per heavy atom. The molecule has 1 amide bonds. The third-order valence-electron chi connectivity index (χ3n) is 4.24. The van der Waals surface area contributed by atoms with Crippen molar-refractivity contribution in [1.82, 2.24) is 4.90 Å². The summed E-state index contributed by atoms with van der Waals surface area (Å²) >= 11 is 0. The molecule has 0 N–H and O–H groups in total. The largest absolute Gasteiger partial charge is 0.335 e. The molecular weight excluding hydrogens is 210 g/mol. The first-order valence-electron chi connectivity index (χ1n) is 6.63. The normalized spacial score (nSPS) is 28.3. The number of piperidine rings is 1. The molecule has 2 atom stereocenters. The first kappa shape index (κ1) is 10.8. The second-order valence-corrected chi connectivity index (χ2v) is 5.40. The van der Waals surface area contributed by atoms with Crippen molar-refractivity contribution in [1.29, 1.82) is 0 Å². The lowest BCUT2D eigenvalue weighted by Crippen LogP contribution is -2.42. The van der Waals surface area contributed by atoms with Crippen LogP contribution in [0.2, 0.25) is 0 Å². The number of carbonyl (C=O) groups is 1. The first-order chi connectivity index (χ1) is 8.25. The van der Waals surface area contributed by atoms with Gasteiger partial charge in [-0.3, -0.25) is 4.79 Å². The Morgan fingerprint density at radius 2 is 2.12 bits per heavy atom. The SMILES string of the molecule is C[C@H]1C[C@H]2CCCC(=O)N2Cc2ccccc21. The smallest absolute Gasteiger partial charge is 0.223 e. The van der Waals surface area contributed by atoms with Crippen molar-refractivity contribution in [3.05, 3.63) is 35.4 Å². The Bertz CT molecular complexity index is 440. The Kier molecular flexibility index (Phi) is 2.65. The van der Waals surface area contributed by atoms with Crippen LogP contribution in [-0.4, -0.2) is 16.8 Å². The number of benzene rings is 1. The van der Waals surface area contributed by atoms with Gasteiger partial charge < -0.3 is 4.90 Å². The summed E-state index contributed by atoms with van der Waals surface area (Å²) in [5.74, 6) is 0.928.